The first kappa shape index (κ1) is 15.9. The van der Waals surface area contributed by atoms with Gasteiger partial charge in [0, 0.05) is 10.7 Å². The SMILES string of the molecule is Cc1ccc(NC(CC(C)(C)C)c2ccccc2)cc1Cl. The molecule has 1 N–H and O–H groups in total. The molecule has 0 saturated carbocycles. The second kappa shape index (κ2) is 6.53. The van der Waals surface area contributed by atoms with Crippen LogP contribution in [0, 0.1) is 12.3 Å². The van der Waals surface area contributed by atoms with Gasteiger partial charge < -0.3 is 5.32 Å². The first-order valence-corrected chi connectivity index (χ1v) is 7.80. The largest absolute Gasteiger partial charge is 0.378 e. The Kier molecular flexibility index (Phi) is 4.95. The van der Waals surface area contributed by atoms with E-state index in [1.165, 1.54) is 5.56 Å². The van der Waals surface area contributed by atoms with Gasteiger partial charge in [0.05, 0.1) is 6.04 Å². The van der Waals surface area contributed by atoms with E-state index < -0.39 is 0 Å². The first-order chi connectivity index (χ1) is 9.85. The Labute approximate surface area is 133 Å². The second-order valence-electron chi connectivity index (χ2n) is 6.84. The molecule has 1 atom stereocenters. The number of hydrogen-bond acceptors (Lipinski definition) is 1. The van der Waals surface area contributed by atoms with Gasteiger partial charge in [-0.1, -0.05) is 68.8 Å². The molecule has 0 heterocycles. The zero-order valence-corrected chi connectivity index (χ0v) is 14.0. The summed E-state index contributed by atoms with van der Waals surface area (Å²) in [5.41, 5.74) is 3.74. The summed E-state index contributed by atoms with van der Waals surface area (Å²) >= 11 is 6.24. The normalized spacial score (nSPS) is 13.0. The van der Waals surface area contributed by atoms with Crippen molar-refractivity contribution >= 4 is 17.3 Å². The van der Waals surface area contributed by atoms with Crippen LogP contribution in [0.15, 0.2) is 48.5 Å². The summed E-state index contributed by atoms with van der Waals surface area (Å²) in [5.74, 6) is 0. The molecular weight excluding hydrogens is 278 g/mol. The van der Waals surface area contributed by atoms with Crippen molar-refractivity contribution in [2.45, 2.75) is 40.2 Å². The Bertz CT molecular complexity index is 584. The summed E-state index contributed by atoms with van der Waals surface area (Å²) in [6.07, 6.45) is 1.06. The lowest BCUT2D eigenvalue weighted by atomic mass is 9.85. The van der Waals surface area contributed by atoms with Crippen LogP contribution in [0.1, 0.15) is 44.4 Å². The third kappa shape index (κ3) is 4.78. The van der Waals surface area contributed by atoms with Crippen molar-refractivity contribution in [1.29, 1.82) is 0 Å². The maximum absolute atomic E-state index is 6.24. The van der Waals surface area contributed by atoms with Gasteiger partial charge in [0.2, 0.25) is 0 Å². The maximum Gasteiger partial charge on any atom is 0.0518 e. The zero-order chi connectivity index (χ0) is 15.5. The number of benzene rings is 2. The van der Waals surface area contributed by atoms with Gasteiger partial charge in [0.1, 0.15) is 0 Å². The number of aryl methyl sites for hydroxylation is 1. The highest BCUT2D eigenvalue weighted by Crippen LogP contribution is 2.33. The Morgan fingerprint density at radius 2 is 1.71 bits per heavy atom. The molecule has 0 aliphatic heterocycles. The van der Waals surface area contributed by atoms with E-state index >= 15 is 0 Å². The van der Waals surface area contributed by atoms with Crippen LogP contribution in [0.25, 0.3) is 0 Å². The molecule has 2 aromatic carbocycles. The van der Waals surface area contributed by atoms with Crippen molar-refractivity contribution in [3.8, 4) is 0 Å². The molecule has 0 aliphatic carbocycles. The summed E-state index contributed by atoms with van der Waals surface area (Å²) in [7, 11) is 0. The molecule has 0 fully saturated rings. The van der Waals surface area contributed by atoms with Crippen LogP contribution in [-0.2, 0) is 0 Å². The molecule has 2 heteroatoms. The van der Waals surface area contributed by atoms with Gasteiger partial charge in [-0.05, 0) is 42.0 Å². The van der Waals surface area contributed by atoms with Crippen LogP contribution in [0.4, 0.5) is 5.69 Å². The number of hydrogen-bond donors (Lipinski definition) is 1. The Morgan fingerprint density at radius 3 is 2.29 bits per heavy atom. The molecule has 0 spiro atoms. The minimum atomic E-state index is 0.252. The molecule has 1 unspecified atom stereocenters. The van der Waals surface area contributed by atoms with E-state index in [1.807, 2.05) is 13.0 Å². The van der Waals surface area contributed by atoms with Gasteiger partial charge in [-0.3, -0.25) is 0 Å². The van der Waals surface area contributed by atoms with E-state index in [9.17, 15) is 0 Å². The highest BCUT2D eigenvalue weighted by atomic mass is 35.5. The summed E-state index contributed by atoms with van der Waals surface area (Å²) in [5, 5.41) is 4.44. The topological polar surface area (TPSA) is 12.0 Å². The van der Waals surface area contributed by atoms with Crippen molar-refractivity contribution in [2.24, 2.45) is 5.41 Å². The Balaban J connectivity index is 2.25. The van der Waals surface area contributed by atoms with Crippen molar-refractivity contribution in [1.82, 2.24) is 0 Å². The summed E-state index contributed by atoms with van der Waals surface area (Å²) < 4.78 is 0. The first-order valence-electron chi connectivity index (χ1n) is 7.43. The monoisotopic (exact) mass is 301 g/mol. The average Bonchev–Trinajstić information content (AvgIpc) is 2.42. The van der Waals surface area contributed by atoms with Crippen LogP contribution in [0.3, 0.4) is 0 Å². The van der Waals surface area contributed by atoms with E-state index in [4.69, 9.17) is 11.6 Å². The van der Waals surface area contributed by atoms with Gasteiger partial charge in [0.25, 0.3) is 0 Å². The highest BCUT2D eigenvalue weighted by Gasteiger charge is 2.20. The minimum absolute atomic E-state index is 0.252. The molecule has 0 saturated heterocycles. The van der Waals surface area contributed by atoms with Crippen molar-refractivity contribution in [2.75, 3.05) is 5.32 Å². The predicted molar refractivity (Wildman–Crippen MR) is 93.1 cm³/mol. The van der Waals surface area contributed by atoms with Crippen LogP contribution in [0.5, 0.6) is 0 Å². The number of halogens is 1. The summed E-state index contributed by atoms with van der Waals surface area (Å²) in [6.45, 7) is 8.84. The van der Waals surface area contributed by atoms with Gasteiger partial charge in [-0.15, -0.1) is 0 Å². The molecule has 1 nitrogen and oxygen atoms in total. The third-order valence-electron chi connectivity index (χ3n) is 3.53. The molecule has 112 valence electrons. The van der Waals surface area contributed by atoms with E-state index in [-0.39, 0.29) is 11.5 Å². The summed E-state index contributed by atoms with van der Waals surface area (Å²) in [6, 6.07) is 17.0. The van der Waals surface area contributed by atoms with Gasteiger partial charge in [-0.25, -0.2) is 0 Å². The summed E-state index contributed by atoms with van der Waals surface area (Å²) in [4.78, 5) is 0. The molecule has 21 heavy (non-hydrogen) atoms. The average molecular weight is 302 g/mol. The number of rotatable bonds is 4. The van der Waals surface area contributed by atoms with E-state index in [0.29, 0.717) is 0 Å². The lowest BCUT2D eigenvalue weighted by molar-refractivity contribution is 0.352. The van der Waals surface area contributed by atoms with Crippen LogP contribution < -0.4 is 5.32 Å². The molecule has 0 bridgehead atoms. The maximum atomic E-state index is 6.24. The molecule has 0 radical (unpaired) electrons. The van der Waals surface area contributed by atoms with E-state index in [2.05, 4.69) is 68.6 Å². The molecular formula is C19H24ClN. The number of anilines is 1. The van der Waals surface area contributed by atoms with Crippen molar-refractivity contribution in [3.05, 3.63) is 64.7 Å². The lowest BCUT2D eigenvalue weighted by Crippen LogP contribution is -2.18. The number of nitrogens with one attached hydrogen (secondary N) is 1. The third-order valence-corrected chi connectivity index (χ3v) is 3.94. The van der Waals surface area contributed by atoms with Gasteiger partial charge in [-0.2, -0.15) is 0 Å². The molecule has 0 amide bonds. The smallest absolute Gasteiger partial charge is 0.0518 e. The van der Waals surface area contributed by atoms with Gasteiger partial charge >= 0.3 is 0 Å². The molecule has 0 aromatic heterocycles. The fraction of sp³-hybridized carbons (Fsp3) is 0.368. The van der Waals surface area contributed by atoms with Crippen LogP contribution >= 0.6 is 11.6 Å². The van der Waals surface area contributed by atoms with Crippen molar-refractivity contribution < 1.29 is 0 Å². The molecule has 0 aliphatic rings. The van der Waals surface area contributed by atoms with Crippen LogP contribution in [0.2, 0.25) is 5.02 Å². The minimum Gasteiger partial charge on any atom is -0.378 e. The van der Waals surface area contributed by atoms with E-state index in [1.54, 1.807) is 0 Å². The Morgan fingerprint density at radius 1 is 1.05 bits per heavy atom. The second-order valence-corrected chi connectivity index (χ2v) is 7.24. The Hall–Kier alpha value is -1.47. The van der Waals surface area contributed by atoms with Crippen LogP contribution in [-0.4, -0.2) is 0 Å². The fourth-order valence-electron chi connectivity index (χ4n) is 2.43. The molecule has 2 aromatic rings. The zero-order valence-electron chi connectivity index (χ0n) is 13.3. The van der Waals surface area contributed by atoms with Gasteiger partial charge in [0.15, 0.2) is 0 Å². The van der Waals surface area contributed by atoms with Crippen molar-refractivity contribution in [3.63, 3.8) is 0 Å². The quantitative estimate of drug-likeness (QED) is 0.705. The lowest BCUT2D eigenvalue weighted by Gasteiger charge is -2.28. The highest BCUT2D eigenvalue weighted by molar-refractivity contribution is 6.31. The standard InChI is InChI=1S/C19H24ClN/c1-14-10-11-16(12-17(14)20)21-18(13-19(2,3)4)15-8-6-5-7-9-15/h5-12,18,21H,13H2,1-4H3. The molecule has 2 rings (SSSR count). The fourth-order valence-corrected chi connectivity index (χ4v) is 2.61. The van der Waals surface area contributed by atoms with E-state index in [0.717, 1.165) is 22.7 Å². The predicted octanol–water partition coefficient (Wildman–Crippen LogP) is 6.24.